The third-order valence-electron chi connectivity index (χ3n) is 5.89. The van der Waals surface area contributed by atoms with Crippen LogP contribution in [0.25, 0.3) is 11.4 Å². The molecule has 2 aromatic heterocycles. The zero-order valence-corrected chi connectivity index (χ0v) is 21.6. The van der Waals surface area contributed by atoms with Crippen molar-refractivity contribution < 1.29 is 31.6 Å². The maximum atomic E-state index is 13.7. The minimum absolute atomic E-state index is 0.0476. The second-order valence-corrected chi connectivity index (χ2v) is 9.35. The van der Waals surface area contributed by atoms with E-state index in [1.165, 1.54) is 48.7 Å². The van der Waals surface area contributed by atoms with Gasteiger partial charge in [-0.25, -0.2) is 4.39 Å². The van der Waals surface area contributed by atoms with E-state index >= 15 is 0 Å². The quantitative estimate of drug-likeness (QED) is 0.274. The fourth-order valence-electron chi connectivity index (χ4n) is 3.89. The van der Waals surface area contributed by atoms with Crippen LogP contribution in [0.4, 0.5) is 23.2 Å². The standard InChI is InChI=1S/C27H26F4N6O3/c1-17(2)12-13-32-26(39)24(22-7-4-14-40-22)37(21-6-3-5-19(15-21)27(29,30)31)23(38)16-36-34-25(33-35-36)18-8-10-20(28)11-9-18/h3-11,14-15,17,24H,12-13,16H2,1-2H3,(H,32,39)/t24-/m1/s1. The fraction of sp³-hybridized carbons (Fsp3) is 0.296. The number of nitrogens with zero attached hydrogens (tertiary/aromatic N) is 5. The first-order chi connectivity index (χ1) is 19.0. The van der Waals surface area contributed by atoms with Crippen molar-refractivity contribution >= 4 is 17.5 Å². The van der Waals surface area contributed by atoms with Gasteiger partial charge >= 0.3 is 6.18 Å². The average molecular weight is 559 g/mol. The Morgan fingerprint density at radius 3 is 2.48 bits per heavy atom. The molecule has 1 atom stereocenters. The number of nitrogens with one attached hydrogen (secondary N) is 1. The van der Waals surface area contributed by atoms with Crippen LogP contribution < -0.4 is 10.2 Å². The number of alkyl halides is 3. The molecule has 0 aliphatic carbocycles. The molecule has 13 heteroatoms. The van der Waals surface area contributed by atoms with Crippen molar-refractivity contribution in [3.63, 3.8) is 0 Å². The Bertz CT molecular complexity index is 1440. The van der Waals surface area contributed by atoms with Crippen molar-refractivity contribution in [2.75, 3.05) is 11.4 Å². The Labute approximate surface area is 226 Å². The second-order valence-electron chi connectivity index (χ2n) is 9.35. The summed E-state index contributed by atoms with van der Waals surface area (Å²) >= 11 is 0. The Balaban J connectivity index is 1.71. The molecule has 0 saturated heterocycles. The van der Waals surface area contributed by atoms with Gasteiger partial charge in [0.1, 0.15) is 18.1 Å². The van der Waals surface area contributed by atoms with Crippen LogP contribution in [0.3, 0.4) is 0 Å². The van der Waals surface area contributed by atoms with E-state index in [0.29, 0.717) is 12.0 Å². The van der Waals surface area contributed by atoms with E-state index < -0.39 is 42.0 Å². The molecule has 0 saturated carbocycles. The first kappa shape index (κ1) is 28.5. The van der Waals surface area contributed by atoms with E-state index in [9.17, 15) is 27.2 Å². The summed E-state index contributed by atoms with van der Waals surface area (Å²) in [5, 5.41) is 14.6. The number of aromatic nitrogens is 4. The molecule has 2 aromatic carbocycles. The number of halogens is 4. The van der Waals surface area contributed by atoms with Crippen LogP contribution in [0.15, 0.2) is 71.3 Å². The minimum Gasteiger partial charge on any atom is -0.467 e. The Kier molecular flexibility index (Phi) is 8.61. The van der Waals surface area contributed by atoms with Gasteiger partial charge < -0.3 is 9.73 Å². The lowest BCUT2D eigenvalue weighted by Gasteiger charge is -2.30. The third-order valence-corrected chi connectivity index (χ3v) is 5.89. The number of rotatable bonds is 10. The number of anilines is 1. The van der Waals surface area contributed by atoms with Crippen molar-refractivity contribution in [3.8, 4) is 11.4 Å². The molecule has 40 heavy (non-hydrogen) atoms. The summed E-state index contributed by atoms with van der Waals surface area (Å²) in [5.41, 5.74) is -0.745. The molecular formula is C27H26F4N6O3. The van der Waals surface area contributed by atoms with Crippen molar-refractivity contribution in [2.45, 2.75) is 39.0 Å². The van der Waals surface area contributed by atoms with Crippen LogP contribution >= 0.6 is 0 Å². The maximum absolute atomic E-state index is 13.7. The molecule has 0 spiro atoms. The van der Waals surface area contributed by atoms with Crippen LogP contribution in [-0.4, -0.2) is 38.6 Å². The number of furan rings is 1. The summed E-state index contributed by atoms with van der Waals surface area (Å²) in [5.74, 6) is -1.47. The van der Waals surface area contributed by atoms with Crippen LogP contribution in [0.5, 0.6) is 0 Å². The summed E-state index contributed by atoms with van der Waals surface area (Å²) in [6.07, 6.45) is -2.75. The number of benzene rings is 2. The molecule has 0 aliphatic heterocycles. The second kappa shape index (κ2) is 12.1. The van der Waals surface area contributed by atoms with Gasteiger partial charge in [-0.05, 0) is 72.1 Å². The van der Waals surface area contributed by atoms with Crippen LogP contribution in [0, 0.1) is 11.7 Å². The zero-order valence-electron chi connectivity index (χ0n) is 21.6. The molecule has 0 aliphatic rings. The molecule has 0 fully saturated rings. The summed E-state index contributed by atoms with van der Waals surface area (Å²) in [4.78, 5) is 29.0. The first-order valence-corrected chi connectivity index (χ1v) is 12.4. The predicted molar refractivity (Wildman–Crippen MR) is 136 cm³/mol. The number of carbonyl (C=O) groups is 2. The number of tetrazole rings is 1. The topological polar surface area (TPSA) is 106 Å². The monoisotopic (exact) mass is 558 g/mol. The van der Waals surface area contributed by atoms with Gasteiger partial charge in [-0.15, -0.1) is 10.2 Å². The van der Waals surface area contributed by atoms with Gasteiger partial charge in [0.25, 0.3) is 11.8 Å². The highest BCUT2D eigenvalue weighted by Gasteiger charge is 2.37. The van der Waals surface area contributed by atoms with E-state index in [1.54, 1.807) is 0 Å². The Morgan fingerprint density at radius 1 is 1.07 bits per heavy atom. The van der Waals surface area contributed by atoms with Gasteiger partial charge in [-0.2, -0.15) is 18.0 Å². The van der Waals surface area contributed by atoms with Crippen LogP contribution in [0.1, 0.15) is 37.6 Å². The van der Waals surface area contributed by atoms with E-state index in [0.717, 1.165) is 27.9 Å². The van der Waals surface area contributed by atoms with E-state index in [4.69, 9.17) is 4.42 Å². The largest absolute Gasteiger partial charge is 0.467 e. The fourth-order valence-corrected chi connectivity index (χ4v) is 3.89. The molecule has 0 unspecified atom stereocenters. The van der Waals surface area contributed by atoms with Crippen molar-refractivity contribution in [1.82, 2.24) is 25.5 Å². The molecule has 2 heterocycles. The van der Waals surface area contributed by atoms with Gasteiger partial charge in [-0.1, -0.05) is 19.9 Å². The van der Waals surface area contributed by atoms with Crippen LogP contribution in [-0.2, 0) is 22.3 Å². The van der Waals surface area contributed by atoms with Crippen molar-refractivity contribution in [3.05, 3.63) is 84.1 Å². The highest BCUT2D eigenvalue weighted by molar-refractivity contribution is 6.01. The SMILES string of the molecule is CC(C)CCNC(=O)[C@@H](c1ccco1)N(C(=O)Cn1nnc(-c2ccc(F)cc2)n1)c1cccc(C(F)(F)F)c1. The molecule has 4 aromatic rings. The molecule has 4 rings (SSSR count). The summed E-state index contributed by atoms with van der Waals surface area (Å²) in [7, 11) is 0. The number of carbonyl (C=O) groups excluding carboxylic acids is 2. The summed E-state index contributed by atoms with van der Waals surface area (Å²) in [6.45, 7) is 3.66. The third kappa shape index (κ3) is 6.90. The lowest BCUT2D eigenvalue weighted by atomic mass is 10.1. The molecule has 9 nitrogen and oxygen atoms in total. The van der Waals surface area contributed by atoms with E-state index in [1.807, 2.05) is 13.8 Å². The van der Waals surface area contributed by atoms with Gasteiger partial charge in [0.05, 0.1) is 11.8 Å². The number of amides is 2. The van der Waals surface area contributed by atoms with Gasteiger partial charge in [0.2, 0.25) is 5.82 Å². The van der Waals surface area contributed by atoms with Crippen LogP contribution in [0.2, 0.25) is 0 Å². The summed E-state index contributed by atoms with van der Waals surface area (Å²) < 4.78 is 59.5. The van der Waals surface area contributed by atoms with Gasteiger partial charge in [0, 0.05) is 17.8 Å². The maximum Gasteiger partial charge on any atom is 0.416 e. The molecule has 0 bridgehead atoms. The van der Waals surface area contributed by atoms with E-state index in [-0.39, 0.29) is 29.7 Å². The number of hydrogen-bond acceptors (Lipinski definition) is 6. The summed E-state index contributed by atoms with van der Waals surface area (Å²) in [6, 6.07) is 10.9. The lowest BCUT2D eigenvalue weighted by molar-refractivity contribution is -0.137. The van der Waals surface area contributed by atoms with E-state index in [2.05, 4.69) is 20.7 Å². The average Bonchev–Trinajstić information content (AvgIpc) is 3.59. The van der Waals surface area contributed by atoms with Gasteiger partial charge in [0.15, 0.2) is 6.04 Å². The van der Waals surface area contributed by atoms with Crippen molar-refractivity contribution in [2.24, 2.45) is 5.92 Å². The van der Waals surface area contributed by atoms with Gasteiger partial charge in [-0.3, -0.25) is 14.5 Å². The number of hydrogen-bond donors (Lipinski definition) is 1. The minimum atomic E-state index is -4.69. The zero-order chi connectivity index (χ0) is 28.9. The highest BCUT2D eigenvalue weighted by Crippen LogP contribution is 2.35. The molecule has 1 N–H and O–H groups in total. The first-order valence-electron chi connectivity index (χ1n) is 12.4. The molecule has 210 valence electrons. The molecule has 2 amide bonds. The smallest absolute Gasteiger partial charge is 0.416 e. The Hall–Kier alpha value is -4.55. The lowest BCUT2D eigenvalue weighted by Crippen LogP contribution is -2.45. The normalized spacial score (nSPS) is 12.4. The molecule has 0 radical (unpaired) electrons. The predicted octanol–water partition coefficient (Wildman–Crippen LogP) is 5.03. The highest BCUT2D eigenvalue weighted by atomic mass is 19.4. The molecular weight excluding hydrogens is 532 g/mol. The van der Waals surface area contributed by atoms with Crippen molar-refractivity contribution in [1.29, 1.82) is 0 Å². The Morgan fingerprint density at radius 2 is 1.82 bits per heavy atom.